The average Bonchev–Trinajstić information content (AvgIpc) is 2.25. The third-order valence-corrected chi connectivity index (χ3v) is 2.97. The van der Waals surface area contributed by atoms with E-state index in [1.165, 1.54) is 0 Å². The Labute approximate surface area is 101 Å². The summed E-state index contributed by atoms with van der Waals surface area (Å²) in [6.45, 7) is 0. The van der Waals surface area contributed by atoms with Gasteiger partial charge in [-0.25, -0.2) is 18.7 Å². The van der Waals surface area contributed by atoms with Crippen molar-refractivity contribution in [2.45, 2.75) is 0 Å². The summed E-state index contributed by atoms with van der Waals surface area (Å²) in [6.07, 6.45) is 0.805. The summed E-state index contributed by atoms with van der Waals surface area (Å²) in [5, 5.41) is 0. The second-order valence-electron chi connectivity index (χ2n) is 2.46. The van der Waals surface area contributed by atoms with Crippen molar-refractivity contribution >= 4 is 27.6 Å². The van der Waals surface area contributed by atoms with E-state index in [-0.39, 0.29) is 0 Å². The molecule has 0 rings (SSSR count). The maximum Gasteiger partial charge on any atom is 0.529 e. The van der Waals surface area contributed by atoms with Crippen molar-refractivity contribution in [3.05, 3.63) is 12.2 Å². The van der Waals surface area contributed by atoms with Gasteiger partial charge >= 0.3 is 27.6 Å². The van der Waals surface area contributed by atoms with E-state index in [4.69, 9.17) is 9.79 Å². The van der Waals surface area contributed by atoms with Crippen LogP contribution in [0.3, 0.4) is 0 Å². The molecular weight excluding hydrogens is 294 g/mol. The fraction of sp³-hybridized carbons (Fsp3) is 0.333. The van der Waals surface area contributed by atoms with E-state index in [0.29, 0.717) is 12.2 Å². The van der Waals surface area contributed by atoms with Crippen molar-refractivity contribution < 1.29 is 46.6 Å². The molecular formula is C6H10O10P2. The first-order chi connectivity index (χ1) is 8.12. The number of hydrogen-bond donors (Lipinski definition) is 2. The van der Waals surface area contributed by atoms with Gasteiger partial charge in [-0.3, -0.25) is 18.8 Å². The molecule has 2 N–H and O–H groups in total. The van der Waals surface area contributed by atoms with Crippen molar-refractivity contribution in [1.82, 2.24) is 0 Å². The monoisotopic (exact) mass is 304 g/mol. The highest BCUT2D eigenvalue weighted by Crippen LogP contribution is 2.43. The van der Waals surface area contributed by atoms with Crippen LogP contribution in [-0.2, 0) is 36.8 Å². The summed E-state index contributed by atoms with van der Waals surface area (Å²) >= 11 is 0. The van der Waals surface area contributed by atoms with Gasteiger partial charge in [-0.05, 0) is 0 Å². The highest BCUT2D eigenvalue weighted by Gasteiger charge is 2.24. The summed E-state index contributed by atoms with van der Waals surface area (Å²) in [4.78, 5) is 39.2. The van der Waals surface area contributed by atoms with Gasteiger partial charge in [-0.15, -0.1) is 0 Å². The summed E-state index contributed by atoms with van der Waals surface area (Å²) < 4.78 is 37.1. The second kappa shape index (κ2) is 6.79. The van der Waals surface area contributed by atoms with Crippen molar-refractivity contribution in [2.24, 2.45) is 0 Å². The highest BCUT2D eigenvalue weighted by atomic mass is 31.2. The summed E-state index contributed by atoms with van der Waals surface area (Å²) in [5.74, 6) is -2.77. The van der Waals surface area contributed by atoms with Crippen LogP contribution in [0.25, 0.3) is 0 Å². The van der Waals surface area contributed by atoms with Crippen LogP contribution >= 0.6 is 15.6 Å². The van der Waals surface area contributed by atoms with Crippen molar-refractivity contribution in [1.29, 1.82) is 0 Å². The molecule has 0 bridgehead atoms. The lowest BCUT2D eigenvalue weighted by molar-refractivity contribution is -0.133. The molecule has 10 nitrogen and oxygen atoms in total. The molecule has 0 aliphatic heterocycles. The summed E-state index contributed by atoms with van der Waals surface area (Å²) in [6, 6.07) is 0. The smallest absolute Gasteiger partial charge is 0.367 e. The van der Waals surface area contributed by atoms with Gasteiger partial charge in [-0.2, -0.15) is 0 Å². The van der Waals surface area contributed by atoms with Gasteiger partial charge in [-0.1, -0.05) is 0 Å². The molecule has 2 unspecified atom stereocenters. The minimum absolute atomic E-state index is 0.403. The number of phosphoric ester groups is 2. The number of hydrogen-bond acceptors (Lipinski definition) is 8. The molecule has 0 fully saturated rings. The van der Waals surface area contributed by atoms with Crippen molar-refractivity contribution in [2.75, 3.05) is 14.2 Å². The molecule has 0 amide bonds. The zero-order chi connectivity index (χ0) is 14.4. The van der Waals surface area contributed by atoms with E-state index in [1.54, 1.807) is 0 Å². The fourth-order valence-corrected chi connectivity index (χ4v) is 1.22. The molecule has 104 valence electrons. The minimum Gasteiger partial charge on any atom is -0.367 e. The fourth-order valence-electron chi connectivity index (χ4n) is 0.499. The molecule has 0 heterocycles. The number of carbonyl (C=O) groups is 2. The predicted molar refractivity (Wildman–Crippen MR) is 55.0 cm³/mol. The maximum atomic E-state index is 10.9. The molecule has 18 heavy (non-hydrogen) atoms. The topological polar surface area (TPSA) is 146 Å². The lowest BCUT2D eigenvalue weighted by Gasteiger charge is -2.07. The normalized spacial score (nSPS) is 17.8. The number of rotatable bonds is 6. The van der Waals surface area contributed by atoms with Gasteiger partial charge in [0.05, 0.1) is 0 Å². The molecule has 0 saturated heterocycles. The average molecular weight is 304 g/mol. The van der Waals surface area contributed by atoms with E-state index in [0.717, 1.165) is 14.2 Å². The van der Waals surface area contributed by atoms with Gasteiger partial charge in [0.25, 0.3) is 0 Å². The zero-order valence-electron chi connectivity index (χ0n) is 9.21. The Kier molecular flexibility index (Phi) is 6.41. The Morgan fingerprint density at radius 3 is 1.39 bits per heavy atom. The third kappa shape index (κ3) is 7.33. The van der Waals surface area contributed by atoms with Crippen LogP contribution in [0.1, 0.15) is 0 Å². The first-order valence-electron chi connectivity index (χ1n) is 4.04. The number of carbonyl (C=O) groups excluding carboxylic acids is 2. The van der Waals surface area contributed by atoms with E-state index < -0.39 is 27.6 Å². The van der Waals surface area contributed by atoms with E-state index in [1.807, 2.05) is 0 Å². The van der Waals surface area contributed by atoms with E-state index in [2.05, 4.69) is 18.1 Å². The highest BCUT2D eigenvalue weighted by molar-refractivity contribution is 7.48. The Bertz CT molecular complexity index is 400. The SMILES string of the molecule is COP(=O)(O)OC(=O)C=CC(=O)OP(=O)(O)OC. The summed E-state index contributed by atoms with van der Waals surface area (Å²) in [5.41, 5.74) is 0. The largest absolute Gasteiger partial charge is 0.529 e. The molecule has 0 radical (unpaired) electrons. The van der Waals surface area contributed by atoms with Crippen LogP contribution < -0.4 is 0 Å². The molecule has 0 aliphatic rings. The lowest BCUT2D eigenvalue weighted by atomic mass is 10.5. The van der Waals surface area contributed by atoms with Crippen LogP contribution in [0.4, 0.5) is 0 Å². The molecule has 12 heteroatoms. The van der Waals surface area contributed by atoms with Gasteiger partial charge in [0.15, 0.2) is 0 Å². The van der Waals surface area contributed by atoms with E-state index in [9.17, 15) is 18.7 Å². The molecule has 2 atom stereocenters. The summed E-state index contributed by atoms with van der Waals surface area (Å²) in [7, 11) is -7.38. The Morgan fingerprint density at radius 2 is 1.17 bits per heavy atom. The van der Waals surface area contributed by atoms with Gasteiger partial charge in [0.1, 0.15) is 0 Å². The quantitative estimate of drug-likeness (QED) is 0.512. The van der Waals surface area contributed by atoms with Crippen LogP contribution in [0, 0.1) is 0 Å². The van der Waals surface area contributed by atoms with Gasteiger partial charge in [0, 0.05) is 26.4 Å². The zero-order valence-corrected chi connectivity index (χ0v) is 11.0. The van der Waals surface area contributed by atoms with Crippen LogP contribution in [-0.4, -0.2) is 35.9 Å². The van der Waals surface area contributed by atoms with Crippen LogP contribution in [0.15, 0.2) is 12.2 Å². The lowest BCUT2D eigenvalue weighted by Crippen LogP contribution is -2.03. The number of phosphoric acid groups is 2. The van der Waals surface area contributed by atoms with Crippen molar-refractivity contribution in [3.8, 4) is 0 Å². The predicted octanol–water partition coefficient (Wildman–Crippen LogP) is 0.123. The molecule has 0 aromatic heterocycles. The second-order valence-corrected chi connectivity index (χ2v) is 5.43. The first-order valence-corrected chi connectivity index (χ1v) is 7.03. The van der Waals surface area contributed by atoms with Crippen LogP contribution in [0.2, 0.25) is 0 Å². The van der Waals surface area contributed by atoms with E-state index >= 15 is 0 Å². The van der Waals surface area contributed by atoms with Crippen molar-refractivity contribution in [3.63, 3.8) is 0 Å². The molecule has 0 aliphatic carbocycles. The third-order valence-electron chi connectivity index (χ3n) is 1.23. The first kappa shape index (κ1) is 17.0. The Morgan fingerprint density at radius 1 is 0.889 bits per heavy atom. The Hall–Kier alpha value is -1.02. The van der Waals surface area contributed by atoms with Gasteiger partial charge in [0.2, 0.25) is 0 Å². The standard InChI is InChI=1S/C6H10O10P2/c1-13-17(9,10)15-5(7)3-4-6(8)16-18(11,12)14-2/h3-4H,1-2H3,(H,9,10)(H,11,12). The molecule has 0 aromatic carbocycles. The molecule has 0 spiro atoms. The minimum atomic E-state index is -4.52. The molecule has 0 aromatic rings. The Balaban J connectivity index is 4.41. The van der Waals surface area contributed by atoms with Gasteiger partial charge < -0.3 is 9.05 Å². The molecule has 0 saturated carbocycles. The van der Waals surface area contributed by atoms with Crippen LogP contribution in [0.5, 0.6) is 0 Å². The maximum absolute atomic E-state index is 10.9.